The van der Waals surface area contributed by atoms with Crippen LogP contribution in [0.4, 0.5) is 4.39 Å². The van der Waals surface area contributed by atoms with Crippen molar-refractivity contribution < 1.29 is 17.5 Å². The van der Waals surface area contributed by atoms with E-state index in [1.807, 2.05) is 18.3 Å². The van der Waals surface area contributed by atoms with E-state index in [0.717, 1.165) is 37.3 Å². The molecule has 156 valence electrons. The second-order valence-corrected chi connectivity index (χ2v) is 9.69. The third-order valence-corrected chi connectivity index (χ3v) is 7.70. The lowest BCUT2D eigenvalue weighted by Gasteiger charge is -2.49. The molecule has 1 aliphatic heterocycles. The van der Waals surface area contributed by atoms with E-state index in [2.05, 4.69) is 10.3 Å². The molecule has 1 aliphatic carbocycles. The highest BCUT2D eigenvalue weighted by atomic mass is 32.2. The summed E-state index contributed by atoms with van der Waals surface area (Å²) in [4.78, 5) is 4.14. The number of nitrogens with one attached hydrogen (secondary N) is 1. The van der Waals surface area contributed by atoms with Gasteiger partial charge in [0.1, 0.15) is 5.82 Å². The molecule has 8 heteroatoms. The number of hydrogen-bond donors (Lipinski definition) is 1. The summed E-state index contributed by atoms with van der Waals surface area (Å²) < 4.78 is 47.6. The van der Waals surface area contributed by atoms with E-state index in [0.29, 0.717) is 13.2 Å². The molecule has 0 amide bonds. The maximum Gasteiger partial charge on any atom is 0.243 e. The Kier molecular flexibility index (Phi) is 5.96. The Morgan fingerprint density at radius 1 is 1.28 bits per heavy atom. The number of morpholine rings is 1. The van der Waals surface area contributed by atoms with Crippen LogP contribution in [0.3, 0.4) is 0 Å². The van der Waals surface area contributed by atoms with Crippen molar-refractivity contribution in [1.29, 1.82) is 0 Å². The molecule has 1 saturated heterocycles. The number of benzene rings is 1. The minimum absolute atomic E-state index is 0.00905. The van der Waals surface area contributed by atoms with Crippen LogP contribution in [0.1, 0.15) is 31.2 Å². The fraction of sp³-hybridized carbons (Fsp3) is 0.476. The SMILES string of the molecule is O=S(=O)(c1cccc(F)c1)N1CCO[C@@]2(CCCC[C@H]2NCc2cccnc2)C1. The van der Waals surface area contributed by atoms with E-state index < -0.39 is 21.4 Å². The van der Waals surface area contributed by atoms with E-state index in [1.54, 1.807) is 6.20 Å². The van der Waals surface area contributed by atoms with Gasteiger partial charge in [0, 0.05) is 38.1 Å². The average molecular weight is 420 g/mol. The van der Waals surface area contributed by atoms with Crippen LogP contribution in [0.2, 0.25) is 0 Å². The molecule has 1 saturated carbocycles. The zero-order valence-corrected chi connectivity index (χ0v) is 17.1. The smallest absolute Gasteiger partial charge is 0.243 e. The first kappa shape index (κ1) is 20.4. The first-order valence-corrected chi connectivity index (χ1v) is 11.5. The molecular weight excluding hydrogens is 393 g/mol. The maximum absolute atomic E-state index is 13.6. The second-order valence-electron chi connectivity index (χ2n) is 7.75. The second kappa shape index (κ2) is 8.47. The predicted octanol–water partition coefficient (Wildman–Crippen LogP) is 2.71. The van der Waals surface area contributed by atoms with Crippen molar-refractivity contribution in [1.82, 2.24) is 14.6 Å². The Hall–Kier alpha value is -1.87. The summed E-state index contributed by atoms with van der Waals surface area (Å²) in [6.45, 7) is 1.53. The van der Waals surface area contributed by atoms with Gasteiger partial charge in [-0.1, -0.05) is 25.0 Å². The van der Waals surface area contributed by atoms with Crippen LogP contribution >= 0.6 is 0 Å². The van der Waals surface area contributed by atoms with E-state index in [-0.39, 0.29) is 24.0 Å². The van der Waals surface area contributed by atoms with E-state index in [1.165, 1.54) is 22.5 Å². The van der Waals surface area contributed by atoms with E-state index in [9.17, 15) is 12.8 Å². The van der Waals surface area contributed by atoms with Gasteiger partial charge < -0.3 is 10.1 Å². The number of pyridine rings is 1. The molecule has 2 atom stereocenters. The van der Waals surface area contributed by atoms with Crippen molar-refractivity contribution in [3.05, 3.63) is 60.2 Å². The van der Waals surface area contributed by atoms with Crippen LogP contribution in [0.15, 0.2) is 53.7 Å². The normalized spacial score (nSPS) is 25.9. The lowest BCUT2D eigenvalue weighted by Crippen LogP contribution is -2.63. The number of ether oxygens (including phenoxy) is 1. The summed E-state index contributed by atoms with van der Waals surface area (Å²) in [6.07, 6.45) is 7.36. The first-order chi connectivity index (χ1) is 14.0. The highest BCUT2D eigenvalue weighted by Gasteiger charge is 2.47. The van der Waals surface area contributed by atoms with Crippen molar-refractivity contribution in [3.8, 4) is 0 Å². The maximum atomic E-state index is 13.6. The van der Waals surface area contributed by atoms with Crippen LogP contribution in [0.5, 0.6) is 0 Å². The van der Waals surface area contributed by atoms with Crippen LogP contribution < -0.4 is 5.32 Å². The third kappa shape index (κ3) is 4.35. The Morgan fingerprint density at radius 2 is 2.17 bits per heavy atom. The standard InChI is InChI=1S/C21H26FN3O3S/c22-18-6-3-7-19(13-18)29(26,27)25-11-12-28-21(16-25)9-2-1-8-20(21)24-15-17-5-4-10-23-14-17/h3-7,10,13-14,20,24H,1-2,8-9,11-12,15-16H2/t20-,21+/m1/s1. The fourth-order valence-corrected chi connectivity index (χ4v) is 5.87. The molecule has 2 heterocycles. The first-order valence-electron chi connectivity index (χ1n) is 10.0. The topological polar surface area (TPSA) is 71.5 Å². The molecule has 1 spiro atoms. The number of sulfonamides is 1. The average Bonchev–Trinajstić information content (AvgIpc) is 2.74. The van der Waals surface area contributed by atoms with Gasteiger partial charge in [-0.25, -0.2) is 12.8 Å². The molecule has 6 nitrogen and oxygen atoms in total. The van der Waals surface area contributed by atoms with Crippen molar-refractivity contribution in [2.75, 3.05) is 19.7 Å². The van der Waals surface area contributed by atoms with Gasteiger partial charge in [0.25, 0.3) is 0 Å². The van der Waals surface area contributed by atoms with Gasteiger partial charge in [0.15, 0.2) is 0 Å². The molecule has 0 unspecified atom stereocenters. The van der Waals surface area contributed by atoms with Crippen molar-refractivity contribution in [3.63, 3.8) is 0 Å². The Bertz CT molecular complexity index is 937. The lowest BCUT2D eigenvalue weighted by molar-refractivity contribution is -0.127. The van der Waals surface area contributed by atoms with Gasteiger partial charge in [-0.3, -0.25) is 4.98 Å². The largest absolute Gasteiger partial charge is 0.371 e. The predicted molar refractivity (Wildman–Crippen MR) is 107 cm³/mol. The molecule has 2 aromatic rings. The third-order valence-electron chi connectivity index (χ3n) is 5.86. The number of hydrogen-bond acceptors (Lipinski definition) is 5. The summed E-state index contributed by atoms with van der Waals surface area (Å²) in [7, 11) is -3.77. The van der Waals surface area contributed by atoms with Crippen LogP contribution in [0, 0.1) is 5.82 Å². The van der Waals surface area contributed by atoms with Gasteiger partial charge in [0.2, 0.25) is 10.0 Å². The zero-order chi connectivity index (χ0) is 20.3. The van der Waals surface area contributed by atoms with E-state index in [4.69, 9.17) is 4.74 Å². The quantitative estimate of drug-likeness (QED) is 0.807. The van der Waals surface area contributed by atoms with Crippen molar-refractivity contribution >= 4 is 10.0 Å². The highest BCUT2D eigenvalue weighted by molar-refractivity contribution is 7.89. The number of nitrogens with zero attached hydrogens (tertiary/aromatic N) is 2. The monoisotopic (exact) mass is 419 g/mol. The number of halogens is 1. The fourth-order valence-electron chi connectivity index (χ4n) is 4.36. The lowest BCUT2D eigenvalue weighted by atomic mass is 9.79. The Morgan fingerprint density at radius 3 is 2.97 bits per heavy atom. The van der Waals surface area contributed by atoms with Gasteiger partial charge >= 0.3 is 0 Å². The summed E-state index contributed by atoms with van der Waals surface area (Å²) in [5.74, 6) is -0.553. The molecule has 29 heavy (non-hydrogen) atoms. The molecule has 2 aliphatic rings. The summed E-state index contributed by atoms with van der Waals surface area (Å²) in [5.41, 5.74) is 0.507. The number of aromatic nitrogens is 1. The van der Waals surface area contributed by atoms with Gasteiger partial charge in [-0.15, -0.1) is 0 Å². The van der Waals surface area contributed by atoms with Crippen LogP contribution in [0.25, 0.3) is 0 Å². The molecule has 1 aromatic carbocycles. The summed E-state index contributed by atoms with van der Waals surface area (Å²) >= 11 is 0. The number of rotatable bonds is 5. The van der Waals surface area contributed by atoms with Crippen LogP contribution in [-0.4, -0.2) is 49.0 Å². The van der Waals surface area contributed by atoms with Crippen molar-refractivity contribution in [2.24, 2.45) is 0 Å². The molecular formula is C21H26FN3O3S. The Balaban J connectivity index is 1.54. The molecule has 1 aromatic heterocycles. The molecule has 1 N–H and O–H groups in total. The van der Waals surface area contributed by atoms with Gasteiger partial charge in [0.05, 0.1) is 17.1 Å². The van der Waals surface area contributed by atoms with E-state index >= 15 is 0 Å². The minimum atomic E-state index is -3.77. The van der Waals surface area contributed by atoms with Crippen molar-refractivity contribution in [2.45, 2.75) is 48.8 Å². The van der Waals surface area contributed by atoms with Gasteiger partial charge in [-0.2, -0.15) is 4.31 Å². The highest BCUT2D eigenvalue weighted by Crippen LogP contribution is 2.36. The summed E-state index contributed by atoms with van der Waals surface area (Å²) in [5, 5.41) is 3.57. The molecule has 4 rings (SSSR count). The van der Waals surface area contributed by atoms with Gasteiger partial charge in [-0.05, 0) is 42.7 Å². The molecule has 0 bridgehead atoms. The zero-order valence-electron chi connectivity index (χ0n) is 16.3. The Labute approximate surface area is 171 Å². The molecule has 0 radical (unpaired) electrons. The molecule has 2 fully saturated rings. The summed E-state index contributed by atoms with van der Waals surface area (Å²) in [6, 6.07) is 9.16. The van der Waals surface area contributed by atoms with Crippen LogP contribution in [-0.2, 0) is 21.3 Å². The minimum Gasteiger partial charge on any atom is -0.371 e.